The molecule has 0 unspecified atom stereocenters. The van der Waals surface area contributed by atoms with Gasteiger partial charge in [-0.25, -0.2) is 12.8 Å². The number of nitrogens with zero attached hydrogens (tertiary/aromatic N) is 2. The minimum absolute atomic E-state index is 0.00690. The summed E-state index contributed by atoms with van der Waals surface area (Å²) in [6, 6.07) is 6.03. The fraction of sp³-hybridized carbons (Fsp3) is 0.308. The molecule has 22 heavy (non-hydrogen) atoms. The van der Waals surface area contributed by atoms with Gasteiger partial charge in [-0.3, -0.25) is 15.2 Å². The number of amides is 1. The summed E-state index contributed by atoms with van der Waals surface area (Å²) in [5.41, 5.74) is 0.235. The molecule has 1 aromatic heterocycles. The van der Waals surface area contributed by atoms with Crippen LogP contribution in [0.1, 0.15) is 6.42 Å². The molecule has 7 nitrogen and oxygen atoms in total. The van der Waals surface area contributed by atoms with Crippen molar-refractivity contribution >= 4 is 21.7 Å². The Morgan fingerprint density at radius 2 is 2.14 bits per heavy atom. The quantitative estimate of drug-likeness (QED) is 0.876. The van der Waals surface area contributed by atoms with Crippen LogP contribution in [0.25, 0.3) is 11.4 Å². The number of hydrogen-bond acceptors (Lipinski definition) is 5. The van der Waals surface area contributed by atoms with Crippen LogP contribution >= 0.6 is 0 Å². The summed E-state index contributed by atoms with van der Waals surface area (Å²) in [5, 5.41) is 8.79. The maximum absolute atomic E-state index is 13.6. The van der Waals surface area contributed by atoms with Gasteiger partial charge in [-0.2, -0.15) is 4.98 Å². The van der Waals surface area contributed by atoms with Crippen molar-refractivity contribution in [2.24, 2.45) is 5.92 Å². The Balaban J connectivity index is 1.73. The number of carbonyl (C=O) groups excluding carboxylic acids is 1. The van der Waals surface area contributed by atoms with Gasteiger partial charge in [0.15, 0.2) is 15.7 Å². The number of H-pyrrole nitrogens is 1. The molecule has 2 aromatic rings. The molecular weight excluding hydrogens is 311 g/mol. The molecule has 1 atom stereocenters. The van der Waals surface area contributed by atoms with Gasteiger partial charge >= 0.3 is 0 Å². The number of sulfone groups is 1. The van der Waals surface area contributed by atoms with Crippen molar-refractivity contribution in [3.05, 3.63) is 30.1 Å². The molecule has 0 aliphatic carbocycles. The van der Waals surface area contributed by atoms with Crippen LogP contribution in [-0.4, -0.2) is 41.0 Å². The van der Waals surface area contributed by atoms with E-state index in [0.29, 0.717) is 6.42 Å². The molecule has 1 aliphatic heterocycles. The first-order valence-corrected chi connectivity index (χ1v) is 8.45. The molecule has 9 heteroatoms. The SMILES string of the molecule is O=C(Nc1n[nH]c(-c2ccccc2F)n1)[C@@H]1CCS(=O)(=O)C1. The Labute approximate surface area is 125 Å². The molecule has 1 saturated heterocycles. The fourth-order valence-electron chi connectivity index (χ4n) is 2.31. The van der Waals surface area contributed by atoms with E-state index in [1.807, 2.05) is 0 Å². The predicted molar refractivity (Wildman–Crippen MR) is 77.2 cm³/mol. The molecule has 0 spiro atoms. The highest BCUT2D eigenvalue weighted by Crippen LogP contribution is 2.21. The van der Waals surface area contributed by atoms with Crippen LogP contribution < -0.4 is 5.32 Å². The van der Waals surface area contributed by atoms with Crippen LogP contribution in [0.15, 0.2) is 24.3 Å². The van der Waals surface area contributed by atoms with E-state index in [1.165, 1.54) is 12.1 Å². The molecule has 2 N–H and O–H groups in total. The second kappa shape index (κ2) is 5.48. The molecular formula is C13H13FN4O3S. The highest BCUT2D eigenvalue weighted by molar-refractivity contribution is 7.91. The van der Waals surface area contributed by atoms with E-state index in [2.05, 4.69) is 20.5 Å². The van der Waals surface area contributed by atoms with Crippen molar-refractivity contribution in [3.8, 4) is 11.4 Å². The zero-order chi connectivity index (χ0) is 15.7. The zero-order valence-electron chi connectivity index (χ0n) is 11.4. The highest BCUT2D eigenvalue weighted by Gasteiger charge is 2.33. The summed E-state index contributed by atoms with van der Waals surface area (Å²) in [5.74, 6) is -1.47. The van der Waals surface area contributed by atoms with Gasteiger partial charge in [0, 0.05) is 0 Å². The molecule has 0 bridgehead atoms. The van der Waals surface area contributed by atoms with Crippen molar-refractivity contribution in [2.45, 2.75) is 6.42 Å². The van der Waals surface area contributed by atoms with Gasteiger partial charge in [-0.1, -0.05) is 12.1 Å². The van der Waals surface area contributed by atoms with Gasteiger partial charge in [0.25, 0.3) is 0 Å². The van der Waals surface area contributed by atoms with Gasteiger partial charge in [0.2, 0.25) is 11.9 Å². The largest absolute Gasteiger partial charge is 0.293 e. The lowest BCUT2D eigenvalue weighted by Gasteiger charge is -2.05. The third-order valence-corrected chi connectivity index (χ3v) is 5.22. The summed E-state index contributed by atoms with van der Waals surface area (Å²) in [7, 11) is -3.14. The van der Waals surface area contributed by atoms with Gasteiger partial charge in [-0.05, 0) is 18.6 Å². The molecule has 3 rings (SSSR count). The summed E-state index contributed by atoms with van der Waals surface area (Å²) < 4.78 is 36.4. The molecule has 2 heterocycles. The van der Waals surface area contributed by atoms with Crippen LogP contribution in [0, 0.1) is 11.7 Å². The number of nitrogens with one attached hydrogen (secondary N) is 2. The Hall–Kier alpha value is -2.29. The van der Waals surface area contributed by atoms with Crippen LogP contribution in [-0.2, 0) is 14.6 Å². The molecule has 0 radical (unpaired) electrons. The van der Waals surface area contributed by atoms with Crippen molar-refractivity contribution in [1.29, 1.82) is 0 Å². The van der Waals surface area contributed by atoms with E-state index in [1.54, 1.807) is 12.1 Å². The van der Waals surface area contributed by atoms with E-state index < -0.39 is 27.5 Å². The van der Waals surface area contributed by atoms with Crippen molar-refractivity contribution in [3.63, 3.8) is 0 Å². The Bertz CT molecular complexity index is 818. The number of carbonyl (C=O) groups is 1. The van der Waals surface area contributed by atoms with Crippen LogP contribution in [0.2, 0.25) is 0 Å². The van der Waals surface area contributed by atoms with E-state index >= 15 is 0 Å². The first-order chi connectivity index (χ1) is 10.4. The minimum atomic E-state index is -3.14. The Morgan fingerprint density at radius 3 is 2.82 bits per heavy atom. The maximum Gasteiger partial charge on any atom is 0.249 e. The lowest BCUT2D eigenvalue weighted by molar-refractivity contribution is -0.119. The number of aromatic amines is 1. The number of aromatic nitrogens is 3. The smallest absolute Gasteiger partial charge is 0.249 e. The average molecular weight is 324 g/mol. The first-order valence-electron chi connectivity index (χ1n) is 6.63. The maximum atomic E-state index is 13.6. The molecule has 1 aromatic carbocycles. The number of benzene rings is 1. The Kier molecular flexibility index (Phi) is 3.65. The van der Waals surface area contributed by atoms with E-state index in [-0.39, 0.29) is 28.8 Å². The number of halogens is 1. The molecule has 1 fully saturated rings. The minimum Gasteiger partial charge on any atom is -0.293 e. The number of rotatable bonds is 3. The van der Waals surface area contributed by atoms with Crippen molar-refractivity contribution in [2.75, 3.05) is 16.8 Å². The number of anilines is 1. The second-order valence-electron chi connectivity index (χ2n) is 5.08. The average Bonchev–Trinajstić information content (AvgIpc) is 3.06. The zero-order valence-corrected chi connectivity index (χ0v) is 12.2. The summed E-state index contributed by atoms with van der Waals surface area (Å²) in [6.07, 6.45) is 0.290. The highest BCUT2D eigenvalue weighted by atomic mass is 32.2. The predicted octanol–water partition coefficient (Wildman–Crippen LogP) is 0.984. The summed E-state index contributed by atoms with van der Waals surface area (Å²) in [4.78, 5) is 16.0. The van der Waals surface area contributed by atoms with E-state index in [9.17, 15) is 17.6 Å². The molecule has 0 saturated carbocycles. The van der Waals surface area contributed by atoms with Crippen molar-refractivity contribution < 1.29 is 17.6 Å². The lowest BCUT2D eigenvalue weighted by Crippen LogP contribution is -2.24. The third-order valence-electron chi connectivity index (χ3n) is 3.45. The van der Waals surface area contributed by atoms with Gasteiger partial charge in [0.05, 0.1) is 23.0 Å². The number of hydrogen-bond donors (Lipinski definition) is 2. The van der Waals surface area contributed by atoms with E-state index in [0.717, 1.165) is 0 Å². The summed E-state index contributed by atoms with van der Waals surface area (Å²) in [6.45, 7) is 0. The molecule has 1 aliphatic rings. The first kappa shape index (κ1) is 14.6. The van der Waals surface area contributed by atoms with Crippen LogP contribution in [0.5, 0.6) is 0 Å². The third kappa shape index (κ3) is 2.98. The topological polar surface area (TPSA) is 105 Å². The van der Waals surface area contributed by atoms with Gasteiger partial charge < -0.3 is 0 Å². The molecule has 1 amide bonds. The van der Waals surface area contributed by atoms with Crippen LogP contribution in [0.3, 0.4) is 0 Å². The van der Waals surface area contributed by atoms with Gasteiger partial charge in [0.1, 0.15) is 5.82 Å². The van der Waals surface area contributed by atoms with Crippen molar-refractivity contribution in [1.82, 2.24) is 15.2 Å². The second-order valence-corrected chi connectivity index (χ2v) is 7.31. The fourth-order valence-corrected chi connectivity index (χ4v) is 4.05. The molecule has 116 valence electrons. The monoisotopic (exact) mass is 324 g/mol. The van der Waals surface area contributed by atoms with E-state index in [4.69, 9.17) is 0 Å². The Morgan fingerprint density at radius 1 is 1.36 bits per heavy atom. The normalized spacial score (nSPS) is 20.0. The standard InChI is InChI=1S/C13H13FN4O3S/c14-10-4-2-1-3-9(10)11-15-13(18-17-11)16-12(19)8-5-6-22(20,21)7-8/h1-4,8H,5-7H2,(H2,15,16,17,18,19)/t8-/m1/s1. The van der Waals surface area contributed by atoms with Gasteiger partial charge in [-0.15, -0.1) is 5.10 Å². The summed E-state index contributed by atoms with van der Waals surface area (Å²) >= 11 is 0. The lowest BCUT2D eigenvalue weighted by atomic mass is 10.1. The van der Waals surface area contributed by atoms with Crippen LogP contribution in [0.4, 0.5) is 10.3 Å².